The second kappa shape index (κ2) is 10.3. The molecule has 8 heteroatoms. The van der Waals surface area contributed by atoms with Crippen molar-refractivity contribution < 1.29 is 14.3 Å². The van der Waals surface area contributed by atoms with Gasteiger partial charge < -0.3 is 25.0 Å². The molecule has 0 spiro atoms. The maximum atomic E-state index is 12.2. The van der Waals surface area contributed by atoms with Crippen LogP contribution < -0.4 is 10.6 Å². The molecule has 28 heavy (non-hydrogen) atoms. The van der Waals surface area contributed by atoms with Gasteiger partial charge in [0.2, 0.25) is 0 Å². The van der Waals surface area contributed by atoms with Crippen molar-refractivity contribution >= 4 is 36.0 Å². The molecule has 0 aromatic carbocycles. The number of fused-ring (bicyclic) bond motifs is 2. The Morgan fingerprint density at radius 3 is 2.46 bits per heavy atom. The smallest absolute Gasteiger partial charge is 0.410 e. The van der Waals surface area contributed by atoms with Crippen molar-refractivity contribution in [2.45, 2.75) is 83.6 Å². The largest absolute Gasteiger partial charge is 0.444 e. The minimum absolute atomic E-state index is 0. The second-order valence-electron chi connectivity index (χ2n) is 8.99. The molecule has 0 radical (unpaired) electrons. The Bertz CT molecular complexity index is 544. The van der Waals surface area contributed by atoms with Gasteiger partial charge in [0.15, 0.2) is 5.96 Å². The number of amides is 1. The van der Waals surface area contributed by atoms with Crippen molar-refractivity contribution in [1.29, 1.82) is 0 Å². The average Bonchev–Trinajstić information content (AvgIpc) is 3.22. The molecule has 3 atom stereocenters. The molecule has 3 heterocycles. The van der Waals surface area contributed by atoms with Gasteiger partial charge in [-0.3, -0.25) is 4.99 Å². The molecule has 0 aromatic heterocycles. The molecule has 2 bridgehead atoms. The number of hydrogen-bond acceptors (Lipinski definition) is 4. The van der Waals surface area contributed by atoms with E-state index in [4.69, 9.17) is 14.5 Å². The molecule has 3 saturated heterocycles. The van der Waals surface area contributed by atoms with Gasteiger partial charge in [-0.25, -0.2) is 4.79 Å². The first-order chi connectivity index (χ1) is 12.8. The highest BCUT2D eigenvalue weighted by Gasteiger charge is 2.41. The number of piperidine rings is 1. The summed E-state index contributed by atoms with van der Waals surface area (Å²) in [7, 11) is 0. The maximum Gasteiger partial charge on any atom is 0.410 e. The summed E-state index contributed by atoms with van der Waals surface area (Å²) in [6.07, 6.45) is 5.97. The highest BCUT2D eigenvalue weighted by atomic mass is 127. The Balaban J connectivity index is 0.00000280. The molecule has 0 aromatic rings. The Morgan fingerprint density at radius 1 is 1.21 bits per heavy atom. The van der Waals surface area contributed by atoms with Gasteiger partial charge in [0.25, 0.3) is 0 Å². The van der Waals surface area contributed by atoms with Crippen LogP contribution in [0.1, 0.15) is 59.8 Å². The zero-order chi connectivity index (χ0) is 19.4. The fourth-order valence-electron chi connectivity index (χ4n) is 4.13. The normalized spacial score (nSPS) is 28.1. The lowest BCUT2D eigenvalue weighted by molar-refractivity contribution is 0.0187. The summed E-state index contributed by atoms with van der Waals surface area (Å²) < 4.78 is 11.4. The topological polar surface area (TPSA) is 75.2 Å². The van der Waals surface area contributed by atoms with E-state index in [1.807, 2.05) is 25.7 Å². The van der Waals surface area contributed by atoms with Crippen LogP contribution in [0.25, 0.3) is 0 Å². The van der Waals surface area contributed by atoms with Crippen molar-refractivity contribution in [2.24, 2.45) is 10.9 Å². The van der Waals surface area contributed by atoms with Gasteiger partial charge in [-0.15, -0.1) is 24.0 Å². The zero-order valence-electron chi connectivity index (χ0n) is 17.7. The molecule has 3 rings (SSSR count). The van der Waals surface area contributed by atoms with Gasteiger partial charge >= 0.3 is 6.09 Å². The van der Waals surface area contributed by atoms with Gasteiger partial charge in [-0.1, -0.05) is 0 Å². The highest BCUT2D eigenvalue weighted by molar-refractivity contribution is 14.0. The van der Waals surface area contributed by atoms with Crippen LogP contribution in [0.5, 0.6) is 0 Å². The zero-order valence-corrected chi connectivity index (χ0v) is 20.0. The van der Waals surface area contributed by atoms with E-state index in [2.05, 4.69) is 17.6 Å². The van der Waals surface area contributed by atoms with Crippen LogP contribution >= 0.6 is 24.0 Å². The quantitative estimate of drug-likeness (QED) is 0.347. The third kappa shape index (κ3) is 6.64. The molecular weight excluding hydrogens is 471 g/mol. The van der Waals surface area contributed by atoms with Crippen LogP contribution in [-0.2, 0) is 9.47 Å². The van der Waals surface area contributed by atoms with Crippen molar-refractivity contribution in [2.75, 3.05) is 26.2 Å². The first-order valence-corrected chi connectivity index (χ1v) is 10.5. The molecule has 3 fully saturated rings. The van der Waals surface area contributed by atoms with Gasteiger partial charge in [0.05, 0.1) is 18.2 Å². The second-order valence-corrected chi connectivity index (χ2v) is 8.99. The number of likely N-dealkylation sites (tertiary alicyclic amines) is 1. The molecule has 1 amide bonds. The van der Waals surface area contributed by atoms with Crippen molar-refractivity contribution in [3.05, 3.63) is 0 Å². The van der Waals surface area contributed by atoms with E-state index >= 15 is 0 Å². The molecule has 3 aliphatic rings. The lowest BCUT2D eigenvalue weighted by atomic mass is 9.95. The molecule has 7 nitrogen and oxygen atoms in total. The Hall–Kier alpha value is -0.770. The van der Waals surface area contributed by atoms with Crippen LogP contribution in [0.2, 0.25) is 0 Å². The number of nitrogens with one attached hydrogen (secondary N) is 2. The first-order valence-electron chi connectivity index (χ1n) is 10.5. The van der Waals surface area contributed by atoms with Gasteiger partial charge in [0.1, 0.15) is 5.60 Å². The summed E-state index contributed by atoms with van der Waals surface area (Å²) in [5.74, 6) is 1.41. The summed E-state index contributed by atoms with van der Waals surface area (Å²) in [4.78, 5) is 18.8. The summed E-state index contributed by atoms with van der Waals surface area (Å²) in [6.45, 7) is 10.9. The van der Waals surface area contributed by atoms with Gasteiger partial charge in [0, 0.05) is 26.2 Å². The minimum Gasteiger partial charge on any atom is -0.444 e. The van der Waals surface area contributed by atoms with Crippen LogP contribution in [0.3, 0.4) is 0 Å². The number of rotatable bonds is 4. The van der Waals surface area contributed by atoms with E-state index in [0.29, 0.717) is 24.2 Å². The van der Waals surface area contributed by atoms with E-state index in [9.17, 15) is 4.79 Å². The summed E-state index contributed by atoms with van der Waals surface area (Å²) in [5.41, 5.74) is -0.436. The molecule has 0 saturated carbocycles. The molecule has 2 N–H and O–H groups in total. The van der Waals surface area contributed by atoms with E-state index in [1.165, 1.54) is 6.42 Å². The molecule has 3 aliphatic heterocycles. The Labute approximate surface area is 186 Å². The Kier molecular flexibility index (Phi) is 8.66. The number of halogens is 1. The lowest BCUT2D eigenvalue weighted by Crippen LogP contribution is -2.47. The lowest BCUT2D eigenvalue weighted by Gasteiger charge is -2.33. The third-order valence-corrected chi connectivity index (χ3v) is 5.55. The van der Waals surface area contributed by atoms with E-state index in [-0.39, 0.29) is 30.1 Å². The van der Waals surface area contributed by atoms with E-state index < -0.39 is 5.60 Å². The number of ether oxygens (including phenoxy) is 2. The van der Waals surface area contributed by atoms with E-state index in [1.54, 1.807) is 0 Å². The minimum atomic E-state index is -0.436. The molecule has 0 aliphatic carbocycles. The first kappa shape index (κ1) is 23.5. The summed E-state index contributed by atoms with van der Waals surface area (Å²) >= 11 is 0. The number of aliphatic imine (C=N–C) groups is 1. The van der Waals surface area contributed by atoms with Crippen molar-refractivity contribution in [1.82, 2.24) is 15.5 Å². The molecule has 3 unspecified atom stereocenters. The monoisotopic (exact) mass is 508 g/mol. The number of carbonyl (C=O) groups excluding carboxylic acids is 1. The summed E-state index contributed by atoms with van der Waals surface area (Å²) in [5, 5.41) is 6.93. The maximum absolute atomic E-state index is 12.2. The summed E-state index contributed by atoms with van der Waals surface area (Å²) in [6, 6.07) is 0.385. The molecule has 162 valence electrons. The number of carbonyl (C=O) groups is 1. The SMILES string of the molecule is CCNC(=NCC1CCN(C(=O)OC(C)(C)C)CC1)NC1CC2CCC1O2.I. The van der Waals surface area contributed by atoms with Crippen LogP contribution in [-0.4, -0.2) is 67.0 Å². The van der Waals surface area contributed by atoms with Gasteiger partial charge in [-0.05, 0) is 65.7 Å². The Morgan fingerprint density at radius 2 is 1.93 bits per heavy atom. The third-order valence-electron chi connectivity index (χ3n) is 5.55. The highest BCUT2D eigenvalue weighted by Crippen LogP contribution is 2.34. The molecular formula is C20H37IN4O3. The number of guanidine groups is 1. The number of hydrogen-bond donors (Lipinski definition) is 2. The number of nitrogens with zero attached hydrogens (tertiary/aromatic N) is 2. The van der Waals surface area contributed by atoms with Gasteiger partial charge in [-0.2, -0.15) is 0 Å². The van der Waals surface area contributed by atoms with Crippen LogP contribution in [0, 0.1) is 5.92 Å². The predicted molar refractivity (Wildman–Crippen MR) is 121 cm³/mol. The fourth-order valence-corrected chi connectivity index (χ4v) is 4.13. The van der Waals surface area contributed by atoms with Crippen molar-refractivity contribution in [3.63, 3.8) is 0 Å². The van der Waals surface area contributed by atoms with Crippen LogP contribution in [0.15, 0.2) is 4.99 Å². The predicted octanol–water partition coefficient (Wildman–Crippen LogP) is 3.13. The fraction of sp³-hybridized carbons (Fsp3) is 0.900. The van der Waals surface area contributed by atoms with Crippen LogP contribution in [0.4, 0.5) is 4.79 Å². The standard InChI is InChI=1S/C20H36N4O3.HI/c1-5-21-18(23-16-12-15-6-7-17(16)26-15)22-13-14-8-10-24(11-9-14)19(25)27-20(2,3)4;/h14-17H,5-13H2,1-4H3,(H2,21,22,23);1H. The average molecular weight is 508 g/mol. The van der Waals surface area contributed by atoms with E-state index in [0.717, 1.165) is 57.8 Å². The van der Waals surface area contributed by atoms with Crippen molar-refractivity contribution in [3.8, 4) is 0 Å².